The summed E-state index contributed by atoms with van der Waals surface area (Å²) in [6.07, 6.45) is 3.98. The Labute approximate surface area is 210 Å². The molecule has 180 valence electrons. The fourth-order valence-electron chi connectivity index (χ4n) is 3.14. The van der Waals surface area contributed by atoms with Crippen LogP contribution in [0, 0.1) is 6.92 Å². The molecule has 1 amide bonds. The van der Waals surface area contributed by atoms with Crippen molar-refractivity contribution in [1.82, 2.24) is 25.1 Å². The summed E-state index contributed by atoms with van der Waals surface area (Å²) in [4.78, 5) is 25.6. The lowest BCUT2D eigenvalue weighted by Gasteiger charge is -2.13. The van der Waals surface area contributed by atoms with E-state index in [1.165, 1.54) is 19.5 Å². The fraction of sp³-hybridized carbons (Fsp3) is 0.217. The molecule has 2 N–H and O–H groups in total. The van der Waals surface area contributed by atoms with Crippen LogP contribution in [-0.4, -0.2) is 43.3 Å². The zero-order valence-electron chi connectivity index (χ0n) is 19.0. The second-order valence-corrected chi connectivity index (χ2v) is 8.78. The van der Waals surface area contributed by atoms with E-state index in [1.807, 2.05) is 6.92 Å². The van der Waals surface area contributed by atoms with E-state index in [2.05, 4.69) is 30.5 Å². The summed E-state index contributed by atoms with van der Waals surface area (Å²) in [7, 11) is 1.52. The molecule has 1 atom stereocenters. The summed E-state index contributed by atoms with van der Waals surface area (Å²) >= 11 is 7.17. The van der Waals surface area contributed by atoms with Crippen LogP contribution in [0.1, 0.15) is 40.3 Å². The average molecular weight is 513 g/mol. The number of ether oxygens (including phenoxy) is 2. The Hall–Kier alpha value is -3.67. The molecule has 4 aromatic rings. The first kappa shape index (κ1) is 24.5. The van der Waals surface area contributed by atoms with Gasteiger partial charge in [-0.3, -0.25) is 20.1 Å². The predicted octanol–water partition coefficient (Wildman–Crippen LogP) is 4.25. The molecule has 0 aliphatic heterocycles. The molecule has 0 saturated carbocycles. The average Bonchev–Trinajstić information content (AvgIpc) is 3.30. The number of nitrogens with zero attached hydrogens (tertiary/aromatic N) is 5. The molecule has 4 rings (SSSR count). The van der Waals surface area contributed by atoms with Gasteiger partial charge in [-0.05, 0) is 48.9 Å². The van der Waals surface area contributed by atoms with Crippen molar-refractivity contribution in [1.29, 1.82) is 0 Å². The normalized spacial score (nSPS) is 11.7. The van der Waals surface area contributed by atoms with E-state index in [9.17, 15) is 9.90 Å². The smallest absolute Gasteiger partial charge is 0.296 e. The van der Waals surface area contributed by atoms with Crippen LogP contribution in [0.3, 0.4) is 0 Å². The first-order chi connectivity index (χ1) is 16.8. The SMILES string of the molecule is COc1cnc(Cl)cc1-c1cc(C)ncc1C(=O)Nc1nnc(OCc2ccc([C@@H](C)O)cn2)s1. The van der Waals surface area contributed by atoms with Crippen LogP contribution in [0.25, 0.3) is 11.1 Å². The number of anilines is 1. The van der Waals surface area contributed by atoms with Crippen molar-refractivity contribution in [3.8, 4) is 22.1 Å². The van der Waals surface area contributed by atoms with Gasteiger partial charge in [0.15, 0.2) is 0 Å². The van der Waals surface area contributed by atoms with E-state index in [4.69, 9.17) is 21.1 Å². The lowest BCUT2D eigenvalue weighted by atomic mass is 10.0. The van der Waals surface area contributed by atoms with E-state index < -0.39 is 12.0 Å². The molecule has 0 unspecified atom stereocenters. The fourth-order valence-corrected chi connectivity index (χ4v) is 3.89. The lowest BCUT2D eigenvalue weighted by molar-refractivity contribution is 0.102. The first-order valence-electron chi connectivity index (χ1n) is 10.4. The van der Waals surface area contributed by atoms with E-state index in [0.717, 1.165) is 11.3 Å². The number of carbonyl (C=O) groups is 1. The molecule has 4 aromatic heterocycles. The van der Waals surface area contributed by atoms with Gasteiger partial charge in [0, 0.05) is 29.2 Å². The summed E-state index contributed by atoms with van der Waals surface area (Å²) in [6.45, 7) is 3.65. The molecular weight excluding hydrogens is 492 g/mol. The Morgan fingerprint density at radius 1 is 1.14 bits per heavy atom. The number of hydrogen-bond donors (Lipinski definition) is 2. The van der Waals surface area contributed by atoms with Crippen LogP contribution in [0.15, 0.2) is 42.9 Å². The van der Waals surface area contributed by atoms with Crippen molar-refractivity contribution in [3.63, 3.8) is 0 Å². The zero-order chi connectivity index (χ0) is 24.9. The van der Waals surface area contributed by atoms with Gasteiger partial charge in [0.2, 0.25) is 5.13 Å². The largest absolute Gasteiger partial charge is 0.494 e. The third-order valence-corrected chi connectivity index (χ3v) is 5.89. The van der Waals surface area contributed by atoms with Crippen molar-refractivity contribution in [2.45, 2.75) is 26.6 Å². The van der Waals surface area contributed by atoms with E-state index in [0.29, 0.717) is 39.4 Å². The Kier molecular flexibility index (Phi) is 7.49. The Morgan fingerprint density at radius 2 is 1.97 bits per heavy atom. The molecule has 0 radical (unpaired) electrons. The van der Waals surface area contributed by atoms with Crippen LogP contribution in [0.2, 0.25) is 5.15 Å². The molecule has 0 aliphatic carbocycles. The number of rotatable bonds is 8. The topological polar surface area (TPSA) is 132 Å². The molecule has 0 aromatic carbocycles. The Balaban J connectivity index is 1.49. The van der Waals surface area contributed by atoms with Crippen LogP contribution in [-0.2, 0) is 6.61 Å². The highest BCUT2D eigenvalue weighted by Gasteiger charge is 2.19. The molecule has 10 nitrogen and oxygen atoms in total. The number of carbonyl (C=O) groups excluding carboxylic acids is 1. The number of methoxy groups -OCH3 is 1. The van der Waals surface area contributed by atoms with E-state index in [1.54, 1.807) is 37.4 Å². The maximum Gasteiger partial charge on any atom is 0.296 e. The van der Waals surface area contributed by atoms with E-state index in [-0.39, 0.29) is 22.1 Å². The lowest BCUT2D eigenvalue weighted by Crippen LogP contribution is -2.14. The minimum absolute atomic E-state index is 0.164. The maximum atomic E-state index is 13.1. The first-order valence-corrected chi connectivity index (χ1v) is 11.6. The van der Waals surface area contributed by atoms with Crippen molar-refractivity contribution < 1.29 is 19.4 Å². The van der Waals surface area contributed by atoms with Gasteiger partial charge in [-0.15, -0.1) is 5.10 Å². The molecule has 4 heterocycles. The van der Waals surface area contributed by atoms with Gasteiger partial charge in [0.05, 0.1) is 30.7 Å². The second kappa shape index (κ2) is 10.7. The highest BCUT2D eigenvalue weighted by Crippen LogP contribution is 2.34. The number of amides is 1. The molecule has 35 heavy (non-hydrogen) atoms. The van der Waals surface area contributed by atoms with Crippen LogP contribution < -0.4 is 14.8 Å². The molecular formula is C23H21ClN6O4S. The zero-order valence-corrected chi connectivity index (χ0v) is 20.6. The van der Waals surface area contributed by atoms with Gasteiger partial charge in [0.25, 0.3) is 11.1 Å². The number of hydrogen-bond acceptors (Lipinski definition) is 10. The molecule has 0 aliphatic rings. The third kappa shape index (κ3) is 5.88. The number of nitrogens with one attached hydrogen (secondary N) is 1. The summed E-state index contributed by atoms with van der Waals surface area (Å²) < 4.78 is 11.0. The number of pyridine rings is 3. The highest BCUT2D eigenvalue weighted by atomic mass is 35.5. The quantitative estimate of drug-likeness (QED) is 0.332. The minimum Gasteiger partial charge on any atom is -0.494 e. The monoisotopic (exact) mass is 512 g/mol. The number of aliphatic hydroxyl groups is 1. The van der Waals surface area contributed by atoms with Gasteiger partial charge in [-0.1, -0.05) is 22.8 Å². The predicted molar refractivity (Wildman–Crippen MR) is 131 cm³/mol. The standard InChI is InChI=1S/C23H21ClN6O4S/c1-12-6-16(17-7-20(24)27-10-19(17)33-3)18(9-25-12)21(32)28-22-29-30-23(35-22)34-11-15-5-4-14(8-26-15)13(2)31/h4-10,13,31H,11H2,1-3H3,(H,28,29,32)/t13-/m1/s1. The number of aryl methyl sites for hydroxylation is 1. The second-order valence-electron chi connectivity index (χ2n) is 7.45. The molecule has 0 bridgehead atoms. The van der Waals surface area contributed by atoms with Gasteiger partial charge < -0.3 is 14.6 Å². The maximum absolute atomic E-state index is 13.1. The van der Waals surface area contributed by atoms with Crippen LogP contribution >= 0.6 is 22.9 Å². The molecule has 12 heteroatoms. The minimum atomic E-state index is -0.590. The van der Waals surface area contributed by atoms with Gasteiger partial charge in [-0.2, -0.15) is 0 Å². The molecule has 0 spiro atoms. The highest BCUT2D eigenvalue weighted by molar-refractivity contribution is 7.17. The van der Waals surface area contributed by atoms with Gasteiger partial charge in [-0.25, -0.2) is 4.98 Å². The van der Waals surface area contributed by atoms with Crippen molar-refractivity contribution in [3.05, 3.63) is 70.5 Å². The van der Waals surface area contributed by atoms with Crippen LogP contribution in [0.4, 0.5) is 5.13 Å². The van der Waals surface area contributed by atoms with Crippen molar-refractivity contribution in [2.75, 3.05) is 12.4 Å². The Bertz CT molecular complexity index is 1350. The number of halogens is 1. The van der Waals surface area contributed by atoms with Crippen LogP contribution in [0.5, 0.6) is 10.9 Å². The van der Waals surface area contributed by atoms with Crippen molar-refractivity contribution >= 4 is 34.0 Å². The van der Waals surface area contributed by atoms with Gasteiger partial charge >= 0.3 is 0 Å². The number of aliphatic hydroxyl groups excluding tert-OH is 1. The number of aromatic nitrogens is 5. The van der Waals surface area contributed by atoms with Crippen molar-refractivity contribution in [2.24, 2.45) is 0 Å². The summed E-state index contributed by atoms with van der Waals surface area (Å²) in [5.74, 6) is 0.0382. The van der Waals surface area contributed by atoms with Gasteiger partial charge in [0.1, 0.15) is 17.5 Å². The molecule has 0 saturated heterocycles. The summed E-state index contributed by atoms with van der Waals surface area (Å²) in [5, 5.41) is 21.0. The Morgan fingerprint density at radius 3 is 2.69 bits per heavy atom. The third-order valence-electron chi connectivity index (χ3n) is 4.93. The van der Waals surface area contributed by atoms with E-state index >= 15 is 0 Å². The summed E-state index contributed by atoms with van der Waals surface area (Å²) in [5.41, 5.74) is 3.59. The molecule has 0 fully saturated rings. The summed E-state index contributed by atoms with van der Waals surface area (Å²) in [6, 6.07) is 6.94.